The van der Waals surface area contributed by atoms with Gasteiger partial charge < -0.3 is 10.2 Å². The number of carbonyl (C=O) groups is 2. The quantitative estimate of drug-likeness (QED) is 0.872. The van der Waals surface area contributed by atoms with Crippen LogP contribution in [0.1, 0.15) is 23.2 Å². The summed E-state index contributed by atoms with van der Waals surface area (Å²) < 4.78 is 0. The largest absolute Gasteiger partial charge is 0.347 e. The number of halogens is 1. The molecule has 6 heteroatoms. The molecule has 1 aliphatic heterocycles. The number of hydrogen-bond acceptors (Lipinski definition) is 3. The Morgan fingerprint density at radius 2 is 2.33 bits per heavy atom. The fraction of sp³-hybridized carbons (Fsp3) is 0.417. The summed E-state index contributed by atoms with van der Waals surface area (Å²) in [6.45, 7) is 0.540. The van der Waals surface area contributed by atoms with Crippen molar-refractivity contribution in [3.8, 4) is 0 Å². The molecule has 2 amide bonds. The predicted octanol–water partition coefficient (Wildman–Crippen LogP) is 1.09. The SMILES string of the molecule is CN1C[C@H](NC(=O)c2cncc(Cl)c2)CCC1=O. The number of nitrogens with one attached hydrogen (secondary N) is 1. The first-order valence-corrected chi connectivity index (χ1v) is 6.09. The zero-order valence-electron chi connectivity index (χ0n) is 10.0. The number of likely N-dealkylation sites (tertiary alicyclic amines) is 1. The Morgan fingerprint density at radius 3 is 3.00 bits per heavy atom. The summed E-state index contributed by atoms with van der Waals surface area (Å²) in [5, 5.41) is 3.31. The molecule has 2 heterocycles. The molecule has 0 aliphatic carbocycles. The maximum Gasteiger partial charge on any atom is 0.253 e. The van der Waals surface area contributed by atoms with Crippen LogP contribution in [0.2, 0.25) is 5.02 Å². The zero-order chi connectivity index (χ0) is 13.1. The average Bonchev–Trinajstić information content (AvgIpc) is 2.34. The molecule has 0 spiro atoms. The minimum Gasteiger partial charge on any atom is -0.347 e. The molecule has 5 nitrogen and oxygen atoms in total. The molecule has 1 atom stereocenters. The van der Waals surface area contributed by atoms with Crippen molar-refractivity contribution in [1.82, 2.24) is 15.2 Å². The third kappa shape index (κ3) is 2.98. The first-order chi connectivity index (χ1) is 8.56. The summed E-state index contributed by atoms with van der Waals surface area (Å²) in [7, 11) is 1.74. The highest BCUT2D eigenvalue weighted by atomic mass is 35.5. The lowest BCUT2D eigenvalue weighted by molar-refractivity contribution is -0.132. The molecular weight excluding hydrogens is 254 g/mol. The van der Waals surface area contributed by atoms with E-state index >= 15 is 0 Å². The van der Waals surface area contributed by atoms with Crippen molar-refractivity contribution in [2.75, 3.05) is 13.6 Å². The van der Waals surface area contributed by atoms with E-state index < -0.39 is 0 Å². The van der Waals surface area contributed by atoms with Crippen molar-refractivity contribution in [3.63, 3.8) is 0 Å². The number of pyridine rings is 1. The fourth-order valence-corrected chi connectivity index (χ4v) is 2.11. The summed E-state index contributed by atoms with van der Waals surface area (Å²) >= 11 is 5.78. The lowest BCUT2D eigenvalue weighted by atomic mass is 10.1. The van der Waals surface area contributed by atoms with E-state index in [2.05, 4.69) is 10.3 Å². The van der Waals surface area contributed by atoms with Crippen LogP contribution >= 0.6 is 11.6 Å². The van der Waals surface area contributed by atoms with Crippen LogP contribution in [0, 0.1) is 0 Å². The van der Waals surface area contributed by atoms with Gasteiger partial charge in [0.25, 0.3) is 5.91 Å². The molecule has 1 aliphatic rings. The van der Waals surface area contributed by atoms with Gasteiger partial charge in [-0.05, 0) is 12.5 Å². The van der Waals surface area contributed by atoms with Gasteiger partial charge in [-0.3, -0.25) is 14.6 Å². The average molecular weight is 268 g/mol. The highest BCUT2D eigenvalue weighted by Gasteiger charge is 2.24. The summed E-state index contributed by atoms with van der Waals surface area (Å²) in [5.41, 5.74) is 0.432. The molecule has 2 rings (SSSR count). The number of rotatable bonds is 2. The van der Waals surface area contributed by atoms with Crippen LogP contribution in [-0.2, 0) is 4.79 Å². The number of amides is 2. The maximum absolute atomic E-state index is 11.9. The smallest absolute Gasteiger partial charge is 0.253 e. The molecular formula is C12H14ClN3O2. The Hall–Kier alpha value is -1.62. The van der Waals surface area contributed by atoms with Crippen LogP contribution in [0.15, 0.2) is 18.5 Å². The van der Waals surface area contributed by atoms with Gasteiger partial charge in [-0.1, -0.05) is 11.6 Å². The Labute approximate surface area is 110 Å². The van der Waals surface area contributed by atoms with E-state index in [1.165, 1.54) is 12.4 Å². The molecule has 0 unspecified atom stereocenters. The molecule has 0 aromatic carbocycles. The molecule has 1 aromatic rings. The number of carbonyl (C=O) groups excluding carboxylic acids is 2. The predicted molar refractivity (Wildman–Crippen MR) is 67.4 cm³/mol. The van der Waals surface area contributed by atoms with Gasteiger partial charge in [0.2, 0.25) is 5.91 Å². The molecule has 1 aromatic heterocycles. The number of piperidine rings is 1. The van der Waals surface area contributed by atoms with E-state index in [9.17, 15) is 9.59 Å². The maximum atomic E-state index is 11.9. The third-order valence-corrected chi connectivity index (χ3v) is 3.14. The second kappa shape index (κ2) is 5.35. The van der Waals surface area contributed by atoms with Gasteiger partial charge in [-0.15, -0.1) is 0 Å². The highest BCUT2D eigenvalue weighted by molar-refractivity contribution is 6.30. The Balaban J connectivity index is 1.98. The molecule has 0 radical (unpaired) electrons. The number of hydrogen-bond donors (Lipinski definition) is 1. The Morgan fingerprint density at radius 1 is 1.56 bits per heavy atom. The van der Waals surface area contributed by atoms with Gasteiger partial charge in [0.05, 0.1) is 10.6 Å². The first kappa shape index (κ1) is 12.8. The summed E-state index contributed by atoms with van der Waals surface area (Å²) in [5.74, 6) is -0.0947. The van der Waals surface area contributed by atoms with Crippen molar-refractivity contribution in [3.05, 3.63) is 29.0 Å². The van der Waals surface area contributed by atoms with Gasteiger partial charge in [0.1, 0.15) is 0 Å². The van der Waals surface area contributed by atoms with Crippen LogP contribution in [0.3, 0.4) is 0 Å². The summed E-state index contributed by atoms with van der Waals surface area (Å²) in [6, 6.07) is 1.56. The van der Waals surface area contributed by atoms with E-state index in [0.717, 1.165) is 0 Å². The van der Waals surface area contributed by atoms with Crippen molar-refractivity contribution in [2.24, 2.45) is 0 Å². The standard InChI is InChI=1S/C12H14ClN3O2/c1-16-7-10(2-3-11(16)17)15-12(18)8-4-9(13)6-14-5-8/h4-6,10H,2-3,7H2,1H3,(H,15,18)/t10-/m1/s1. The van der Waals surface area contributed by atoms with E-state index in [1.807, 2.05) is 0 Å². The van der Waals surface area contributed by atoms with E-state index in [1.54, 1.807) is 18.0 Å². The van der Waals surface area contributed by atoms with Gasteiger partial charge in [0, 0.05) is 38.4 Å². The van der Waals surface area contributed by atoms with Gasteiger partial charge in [-0.2, -0.15) is 0 Å². The molecule has 96 valence electrons. The van der Waals surface area contributed by atoms with Gasteiger partial charge in [0.15, 0.2) is 0 Å². The first-order valence-electron chi connectivity index (χ1n) is 5.71. The van der Waals surface area contributed by atoms with Crippen molar-refractivity contribution in [1.29, 1.82) is 0 Å². The lowest BCUT2D eigenvalue weighted by Gasteiger charge is -2.30. The number of likely N-dealkylation sites (N-methyl/N-ethyl adjacent to an activating group) is 1. The molecule has 0 bridgehead atoms. The van der Waals surface area contributed by atoms with Gasteiger partial charge >= 0.3 is 0 Å². The van der Waals surface area contributed by atoms with Crippen molar-refractivity contribution in [2.45, 2.75) is 18.9 Å². The summed E-state index contributed by atoms with van der Waals surface area (Å²) in [4.78, 5) is 28.8. The van der Waals surface area contributed by atoms with Crippen molar-refractivity contribution < 1.29 is 9.59 Å². The van der Waals surface area contributed by atoms with Crippen molar-refractivity contribution >= 4 is 23.4 Å². The monoisotopic (exact) mass is 267 g/mol. The van der Waals surface area contributed by atoms with Crippen LogP contribution in [0.5, 0.6) is 0 Å². The van der Waals surface area contributed by atoms with Gasteiger partial charge in [-0.25, -0.2) is 0 Å². The van der Waals surface area contributed by atoms with E-state index in [0.29, 0.717) is 30.0 Å². The molecule has 18 heavy (non-hydrogen) atoms. The summed E-state index contributed by atoms with van der Waals surface area (Å²) in [6.07, 6.45) is 4.09. The second-order valence-electron chi connectivity index (χ2n) is 4.38. The minimum atomic E-state index is -0.210. The Kier molecular flexibility index (Phi) is 3.81. The third-order valence-electron chi connectivity index (χ3n) is 2.93. The molecule has 1 N–H and O–H groups in total. The second-order valence-corrected chi connectivity index (χ2v) is 4.81. The Bertz CT molecular complexity index is 478. The topological polar surface area (TPSA) is 62.3 Å². The van der Waals surface area contributed by atoms with E-state index in [-0.39, 0.29) is 17.9 Å². The van der Waals surface area contributed by atoms with Crippen LogP contribution < -0.4 is 5.32 Å². The fourth-order valence-electron chi connectivity index (χ4n) is 1.93. The molecule has 0 saturated carbocycles. The number of aromatic nitrogens is 1. The molecule has 1 fully saturated rings. The number of nitrogens with zero attached hydrogens (tertiary/aromatic N) is 2. The molecule has 1 saturated heterocycles. The lowest BCUT2D eigenvalue weighted by Crippen LogP contribution is -2.48. The van der Waals surface area contributed by atoms with Crippen LogP contribution in [0.25, 0.3) is 0 Å². The minimum absolute atomic E-state index is 0.0146. The van der Waals surface area contributed by atoms with Crippen LogP contribution in [-0.4, -0.2) is 41.3 Å². The zero-order valence-corrected chi connectivity index (χ0v) is 10.8. The normalized spacial score (nSPS) is 19.8. The highest BCUT2D eigenvalue weighted by Crippen LogP contribution is 2.12. The van der Waals surface area contributed by atoms with Crippen LogP contribution in [0.4, 0.5) is 0 Å². The van der Waals surface area contributed by atoms with E-state index in [4.69, 9.17) is 11.6 Å².